The Morgan fingerprint density at radius 2 is 1.89 bits per heavy atom. The molecular weight excluding hydrogens is 288 g/mol. The number of rotatable bonds is 0. The minimum absolute atomic E-state index is 0.0749. The van der Waals surface area contributed by atoms with E-state index >= 15 is 0 Å². The molecule has 0 bridgehead atoms. The fourth-order valence-electron chi connectivity index (χ4n) is 2.34. The maximum Gasteiger partial charge on any atom is 0.145 e. The second kappa shape index (κ2) is 3.82. The second-order valence-corrected chi connectivity index (χ2v) is 6.42. The topological polar surface area (TPSA) is 17.3 Å². The number of imidazole rings is 1. The molecule has 2 nitrogen and oxygen atoms in total. The number of benzene rings is 1. The lowest BCUT2D eigenvalue weighted by Gasteiger charge is -2.22. The van der Waals surface area contributed by atoms with Gasteiger partial charge in [0.25, 0.3) is 0 Å². The predicted molar refractivity (Wildman–Crippen MR) is 79.1 cm³/mol. The molecule has 3 rings (SSSR count). The van der Waals surface area contributed by atoms with Gasteiger partial charge in [-0.25, -0.2) is 4.98 Å². The standard InChI is InChI=1S/C15H15BrN2/c1-15(2,3)12-8-10-6-4-5-7-11(10)14-17-9-13(16)18(12)14/h4-9H,1-3H3. The van der Waals surface area contributed by atoms with Crippen molar-refractivity contribution in [3.8, 4) is 0 Å². The Morgan fingerprint density at radius 1 is 1.17 bits per heavy atom. The molecule has 2 aromatic heterocycles. The highest BCUT2D eigenvalue weighted by molar-refractivity contribution is 9.10. The van der Waals surface area contributed by atoms with Gasteiger partial charge in [-0.3, -0.25) is 4.40 Å². The highest BCUT2D eigenvalue weighted by Gasteiger charge is 2.20. The Hall–Kier alpha value is -1.35. The Balaban J connectivity index is 2.57. The van der Waals surface area contributed by atoms with Crippen molar-refractivity contribution in [3.63, 3.8) is 0 Å². The molecule has 0 aliphatic rings. The van der Waals surface area contributed by atoms with E-state index in [4.69, 9.17) is 0 Å². The fourth-order valence-corrected chi connectivity index (χ4v) is 2.80. The molecule has 0 fully saturated rings. The Labute approximate surface area is 115 Å². The highest BCUT2D eigenvalue weighted by Crippen LogP contribution is 2.31. The van der Waals surface area contributed by atoms with Crippen LogP contribution in [0.1, 0.15) is 26.5 Å². The molecule has 0 spiro atoms. The van der Waals surface area contributed by atoms with Crippen LogP contribution in [-0.2, 0) is 5.41 Å². The minimum Gasteiger partial charge on any atom is -0.290 e. The maximum atomic E-state index is 4.54. The SMILES string of the molecule is CC(C)(C)c1cc2ccccc2c2ncc(Br)n12. The first kappa shape index (κ1) is 11.7. The van der Waals surface area contributed by atoms with E-state index < -0.39 is 0 Å². The third-order valence-corrected chi connectivity index (χ3v) is 3.78. The van der Waals surface area contributed by atoms with Gasteiger partial charge in [0.15, 0.2) is 0 Å². The number of hydrogen-bond donors (Lipinski definition) is 0. The molecule has 0 saturated heterocycles. The Bertz CT molecular complexity index is 735. The van der Waals surface area contributed by atoms with Gasteiger partial charge in [-0.2, -0.15) is 0 Å². The van der Waals surface area contributed by atoms with Crippen molar-refractivity contribution in [3.05, 3.63) is 46.8 Å². The van der Waals surface area contributed by atoms with Gasteiger partial charge in [0.05, 0.1) is 6.20 Å². The van der Waals surface area contributed by atoms with Gasteiger partial charge < -0.3 is 0 Å². The van der Waals surface area contributed by atoms with Crippen molar-refractivity contribution in [2.45, 2.75) is 26.2 Å². The molecule has 0 unspecified atom stereocenters. The predicted octanol–water partition coefficient (Wildman–Crippen LogP) is 4.55. The van der Waals surface area contributed by atoms with Crippen LogP contribution in [0.5, 0.6) is 0 Å². The molecule has 0 atom stereocenters. The van der Waals surface area contributed by atoms with E-state index in [1.54, 1.807) is 0 Å². The lowest BCUT2D eigenvalue weighted by atomic mass is 9.90. The van der Waals surface area contributed by atoms with Crippen LogP contribution in [0.25, 0.3) is 16.4 Å². The fraction of sp³-hybridized carbons (Fsp3) is 0.267. The third-order valence-electron chi connectivity index (χ3n) is 3.22. The van der Waals surface area contributed by atoms with Gasteiger partial charge in [-0.15, -0.1) is 0 Å². The van der Waals surface area contributed by atoms with Crippen LogP contribution in [-0.4, -0.2) is 9.38 Å². The number of halogens is 1. The lowest BCUT2D eigenvalue weighted by Crippen LogP contribution is -2.16. The number of aromatic nitrogens is 2. The van der Waals surface area contributed by atoms with Crippen LogP contribution < -0.4 is 0 Å². The summed E-state index contributed by atoms with van der Waals surface area (Å²) < 4.78 is 3.20. The van der Waals surface area contributed by atoms with Crippen LogP contribution in [0, 0.1) is 0 Å². The van der Waals surface area contributed by atoms with Crippen molar-refractivity contribution in [2.75, 3.05) is 0 Å². The average molecular weight is 303 g/mol. The third kappa shape index (κ3) is 1.65. The summed E-state index contributed by atoms with van der Waals surface area (Å²) in [5, 5.41) is 2.43. The molecule has 3 heteroatoms. The molecule has 1 aromatic carbocycles. The highest BCUT2D eigenvalue weighted by atomic mass is 79.9. The van der Waals surface area contributed by atoms with Gasteiger partial charge in [-0.05, 0) is 27.4 Å². The monoisotopic (exact) mass is 302 g/mol. The zero-order chi connectivity index (χ0) is 12.9. The molecule has 0 saturated carbocycles. The van der Waals surface area contributed by atoms with E-state index in [-0.39, 0.29) is 5.41 Å². The molecule has 0 aliphatic carbocycles. The average Bonchev–Trinajstić information content (AvgIpc) is 2.70. The van der Waals surface area contributed by atoms with Crippen molar-refractivity contribution >= 4 is 32.3 Å². The van der Waals surface area contributed by atoms with Crippen molar-refractivity contribution in [1.82, 2.24) is 9.38 Å². The molecule has 2 heterocycles. The smallest absolute Gasteiger partial charge is 0.145 e. The first-order chi connectivity index (χ1) is 8.48. The normalized spacial score (nSPS) is 12.4. The summed E-state index contributed by atoms with van der Waals surface area (Å²) in [6, 6.07) is 10.7. The zero-order valence-electron chi connectivity index (χ0n) is 10.7. The summed E-state index contributed by atoms with van der Waals surface area (Å²) in [6.07, 6.45) is 1.87. The number of fused-ring (bicyclic) bond motifs is 3. The molecule has 3 aromatic rings. The quantitative estimate of drug-likeness (QED) is 0.595. The summed E-state index contributed by atoms with van der Waals surface area (Å²) in [4.78, 5) is 4.54. The lowest BCUT2D eigenvalue weighted by molar-refractivity contribution is 0.560. The zero-order valence-corrected chi connectivity index (χ0v) is 12.3. The van der Waals surface area contributed by atoms with Gasteiger partial charge >= 0.3 is 0 Å². The van der Waals surface area contributed by atoms with E-state index in [1.165, 1.54) is 16.5 Å². The van der Waals surface area contributed by atoms with Crippen LogP contribution >= 0.6 is 15.9 Å². The molecular formula is C15H15BrN2. The largest absolute Gasteiger partial charge is 0.290 e. The van der Waals surface area contributed by atoms with E-state index in [2.05, 4.69) is 76.4 Å². The molecule has 0 aliphatic heterocycles. The second-order valence-electron chi connectivity index (χ2n) is 5.61. The van der Waals surface area contributed by atoms with Crippen LogP contribution in [0.4, 0.5) is 0 Å². The van der Waals surface area contributed by atoms with Crippen molar-refractivity contribution in [2.24, 2.45) is 0 Å². The Morgan fingerprint density at radius 3 is 2.61 bits per heavy atom. The van der Waals surface area contributed by atoms with Gasteiger partial charge in [0.2, 0.25) is 0 Å². The van der Waals surface area contributed by atoms with E-state index in [0.717, 1.165) is 10.3 Å². The first-order valence-corrected chi connectivity index (χ1v) is 6.83. The van der Waals surface area contributed by atoms with Crippen LogP contribution in [0.2, 0.25) is 0 Å². The Kier molecular flexibility index (Phi) is 2.49. The number of pyridine rings is 1. The number of nitrogens with zero attached hydrogens (tertiary/aromatic N) is 2. The van der Waals surface area contributed by atoms with Gasteiger partial charge in [0, 0.05) is 16.5 Å². The van der Waals surface area contributed by atoms with E-state index in [1.807, 2.05) is 6.20 Å². The summed E-state index contributed by atoms with van der Waals surface area (Å²) in [5.74, 6) is 0. The van der Waals surface area contributed by atoms with Crippen LogP contribution in [0.15, 0.2) is 41.1 Å². The molecule has 0 N–H and O–H groups in total. The number of hydrogen-bond acceptors (Lipinski definition) is 1. The van der Waals surface area contributed by atoms with Gasteiger partial charge in [-0.1, -0.05) is 45.0 Å². The molecule has 0 radical (unpaired) electrons. The maximum absolute atomic E-state index is 4.54. The van der Waals surface area contributed by atoms with Crippen LogP contribution in [0.3, 0.4) is 0 Å². The van der Waals surface area contributed by atoms with Crippen molar-refractivity contribution in [1.29, 1.82) is 0 Å². The summed E-state index contributed by atoms with van der Waals surface area (Å²) in [5.41, 5.74) is 2.36. The molecule has 18 heavy (non-hydrogen) atoms. The first-order valence-electron chi connectivity index (χ1n) is 6.03. The van der Waals surface area contributed by atoms with E-state index in [9.17, 15) is 0 Å². The minimum atomic E-state index is 0.0749. The molecule has 0 amide bonds. The summed E-state index contributed by atoms with van der Waals surface area (Å²) >= 11 is 3.60. The summed E-state index contributed by atoms with van der Waals surface area (Å²) in [6.45, 7) is 6.68. The molecule has 92 valence electrons. The van der Waals surface area contributed by atoms with Crippen molar-refractivity contribution < 1.29 is 0 Å². The summed E-state index contributed by atoms with van der Waals surface area (Å²) in [7, 11) is 0. The van der Waals surface area contributed by atoms with E-state index in [0.29, 0.717) is 0 Å². The van der Waals surface area contributed by atoms with Gasteiger partial charge in [0.1, 0.15) is 10.3 Å².